The maximum Gasteiger partial charge on any atom is 0.308 e. The average Bonchev–Trinajstić information content (AvgIpc) is 3.38. The summed E-state index contributed by atoms with van der Waals surface area (Å²) in [6.45, 7) is 1.57. The van der Waals surface area contributed by atoms with Crippen molar-refractivity contribution < 1.29 is 18.8 Å². The Morgan fingerprint density at radius 2 is 1.71 bits per heavy atom. The second-order valence-electron chi connectivity index (χ2n) is 9.66. The summed E-state index contributed by atoms with van der Waals surface area (Å²) in [7, 11) is 0. The number of para-hydroxylation sites is 1. The predicted octanol–water partition coefficient (Wildman–Crippen LogP) is 6.10. The summed E-state index contributed by atoms with van der Waals surface area (Å²) < 4.78 is 15.0. The molecular formula is C29H20Cl2FN3O4S2. The van der Waals surface area contributed by atoms with E-state index in [-0.39, 0.29) is 22.3 Å². The number of amides is 3. The van der Waals surface area contributed by atoms with E-state index in [0.29, 0.717) is 21.2 Å². The molecule has 12 heteroatoms. The summed E-state index contributed by atoms with van der Waals surface area (Å²) >= 11 is 15.0. The Balaban J connectivity index is 1.44. The summed E-state index contributed by atoms with van der Waals surface area (Å²) in [6, 6.07) is 17.4. The molecule has 1 aromatic heterocycles. The highest BCUT2D eigenvalue weighted by molar-refractivity contribution is 8.00. The molecule has 2 aliphatic rings. The number of nitrogens with one attached hydrogen (secondary N) is 1. The minimum Gasteiger partial charge on any atom is -0.324 e. The van der Waals surface area contributed by atoms with E-state index in [0.717, 1.165) is 33.6 Å². The predicted molar refractivity (Wildman–Crippen MR) is 159 cm³/mol. The number of thioether (sulfide) groups is 1. The van der Waals surface area contributed by atoms with Gasteiger partial charge in [0.1, 0.15) is 17.6 Å². The first kappa shape index (κ1) is 27.7. The molecule has 0 aliphatic carbocycles. The number of carbonyl (C=O) groups excluding carboxylic acids is 3. The number of aryl methyl sites for hydroxylation is 1. The van der Waals surface area contributed by atoms with Gasteiger partial charge in [0.25, 0.3) is 0 Å². The largest absolute Gasteiger partial charge is 0.324 e. The molecule has 1 fully saturated rings. The number of aromatic nitrogens is 1. The number of anilines is 2. The van der Waals surface area contributed by atoms with Crippen LogP contribution in [-0.4, -0.2) is 27.5 Å². The van der Waals surface area contributed by atoms with E-state index in [2.05, 4.69) is 5.32 Å². The van der Waals surface area contributed by atoms with Crippen LogP contribution in [0.5, 0.6) is 0 Å². The SMILES string of the molecule is Cc1ccccc1NC(=O)Cn1c2c(sc1=O)[C@H](c1cccc(Cl)c1Cl)C1C(=O)N(c3ccc(F)cc3)C(=O)C1S2. The summed E-state index contributed by atoms with van der Waals surface area (Å²) in [6.07, 6.45) is 0. The van der Waals surface area contributed by atoms with E-state index < -0.39 is 45.5 Å². The second kappa shape index (κ2) is 10.8. The van der Waals surface area contributed by atoms with Crippen molar-refractivity contribution in [2.24, 2.45) is 5.92 Å². The molecule has 2 unspecified atom stereocenters. The van der Waals surface area contributed by atoms with Gasteiger partial charge in [-0.15, -0.1) is 0 Å². The minimum absolute atomic E-state index is 0.209. The van der Waals surface area contributed by atoms with Crippen molar-refractivity contribution in [1.29, 1.82) is 0 Å². The molecule has 7 nitrogen and oxygen atoms in total. The van der Waals surface area contributed by atoms with Gasteiger partial charge in [0, 0.05) is 16.5 Å². The first-order chi connectivity index (χ1) is 19.7. The van der Waals surface area contributed by atoms with Crippen LogP contribution in [0.15, 0.2) is 76.6 Å². The van der Waals surface area contributed by atoms with Crippen LogP contribution in [0.4, 0.5) is 15.8 Å². The van der Waals surface area contributed by atoms with Crippen LogP contribution in [0.25, 0.3) is 0 Å². The standard InChI is InChI=1S/C29H20Cl2FN3O4S2/c1-14-5-2-3-8-19(14)33-20(36)13-34-28-25(41-29(34)39)21(17-6-4-7-18(30)23(17)31)22-24(40-28)27(38)35(26(22)37)16-11-9-15(32)10-12-16/h2-12,21-22,24H,13H2,1H3,(H,33,36)/t21-,22?,24?/m1/s1. The van der Waals surface area contributed by atoms with Crippen LogP contribution in [0.2, 0.25) is 10.0 Å². The molecule has 1 saturated heterocycles. The molecule has 0 saturated carbocycles. The van der Waals surface area contributed by atoms with Gasteiger partial charge in [-0.25, -0.2) is 9.29 Å². The Kier molecular flexibility index (Phi) is 7.27. The van der Waals surface area contributed by atoms with Crippen molar-refractivity contribution in [3.8, 4) is 0 Å². The number of thiazole rings is 1. The number of hydrogen-bond donors (Lipinski definition) is 1. The molecule has 0 radical (unpaired) electrons. The van der Waals surface area contributed by atoms with Crippen molar-refractivity contribution in [2.45, 2.75) is 29.7 Å². The van der Waals surface area contributed by atoms with Crippen molar-refractivity contribution in [3.05, 3.63) is 108 Å². The van der Waals surface area contributed by atoms with Gasteiger partial charge in [0.15, 0.2) is 0 Å². The highest BCUT2D eigenvalue weighted by Gasteiger charge is 2.57. The molecule has 3 atom stereocenters. The lowest BCUT2D eigenvalue weighted by molar-refractivity contribution is -0.122. The van der Waals surface area contributed by atoms with Crippen molar-refractivity contribution in [3.63, 3.8) is 0 Å². The van der Waals surface area contributed by atoms with Gasteiger partial charge in [-0.05, 0) is 54.4 Å². The van der Waals surface area contributed by atoms with Crippen LogP contribution in [-0.2, 0) is 20.9 Å². The molecule has 6 rings (SSSR count). The molecule has 208 valence electrons. The van der Waals surface area contributed by atoms with Gasteiger partial charge in [0.05, 0.1) is 26.7 Å². The number of hydrogen-bond acceptors (Lipinski definition) is 6. The Bertz CT molecular complexity index is 1790. The molecule has 41 heavy (non-hydrogen) atoms. The first-order valence-corrected chi connectivity index (χ1v) is 14.9. The molecule has 3 heterocycles. The van der Waals surface area contributed by atoms with E-state index in [1.54, 1.807) is 30.3 Å². The Labute approximate surface area is 251 Å². The van der Waals surface area contributed by atoms with E-state index in [1.165, 1.54) is 28.8 Å². The van der Waals surface area contributed by atoms with Gasteiger partial charge in [-0.1, -0.05) is 76.6 Å². The Morgan fingerprint density at radius 3 is 2.44 bits per heavy atom. The Morgan fingerprint density at radius 1 is 0.976 bits per heavy atom. The number of benzene rings is 3. The number of halogens is 3. The zero-order chi connectivity index (χ0) is 29.0. The molecule has 2 aliphatic heterocycles. The quantitative estimate of drug-likeness (QED) is 0.270. The molecule has 4 aromatic rings. The maximum absolute atomic E-state index is 13.9. The third-order valence-corrected chi connectivity index (χ3v) is 10.6. The van der Waals surface area contributed by atoms with Crippen molar-refractivity contribution in [2.75, 3.05) is 10.2 Å². The van der Waals surface area contributed by atoms with Crippen molar-refractivity contribution >= 4 is 75.4 Å². The van der Waals surface area contributed by atoms with E-state index in [9.17, 15) is 23.6 Å². The fraction of sp³-hybridized carbons (Fsp3) is 0.172. The van der Waals surface area contributed by atoms with Gasteiger partial charge in [0.2, 0.25) is 17.7 Å². The number of carbonyl (C=O) groups is 3. The molecule has 0 bridgehead atoms. The van der Waals surface area contributed by atoms with Crippen LogP contribution < -0.4 is 15.1 Å². The topological polar surface area (TPSA) is 88.5 Å². The van der Waals surface area contributed by atoms with E-state index >= 15 is 0 Å². The highest BCUT2D eigenvalue weighted by Crippen LogP contribution is 2.55. The van der Waals surface area contributed by atoms with Crippen LogP contribution in [0.3, 0.4) is 0 Å². The third-order valence-electron chi connectivity index (χ3n) is 7.17. The van der Waals surface area contributed by atoms with E-state index in [4.69, 9.17) is 23.2 Å². The van der Waals surface area contributed by atoms with Crippen LogP contribution in [0, 0.1) is 18.7 Å². The lowest BCUT2D eigenvalue weighted by Gasteiger charge is -2.31. The van der Waals surface area contributed by atoms with Crippen LogP contribution in [0.1, 0.15) is 21.9 Å². The van der Waals surface area contributed by atoms with E-state index in [1.807, 2.05) is 19.1 Å². The first-order valence-electron chi connectivity index (χ1n) is 12.5. The summed E-state index contributed by atoms with van der Waals surface area (Å²) in [4.78, 5) is 55.2. The smallest absolute Gasteiger partial charge is 0.308 e. The normalized spacial score (nSPS) is 19.7. The molecule has 3 amide bonds. The fourth-order valence-electron chi connectivity index (χ4n) is 5.24. The van der Waals surface area contributed by atoms with Crippen molar-refractivity contribution in [1.82, 2.24) is 4.57 Å². The zero-order valence-electron chi connectivity index (χ0n) is 21.3. The summed E-state index contributed by atoms with van der Waals surface area (Å²) in [5, 5.41) is 2.81. The average molecular weight is 629 g/mol. The third kappa shape index (κ3) is 4.78. The summed E-state index contributed by atoms with van der Waals surface area (Å²) in [5.41, 5.74) is 2.23. The molecule has 3 aromatic carbocycles. The minimum atomic E-state index is -0.917. The molecular weight excluding hydrogens is 608 g/mol. The summed E-state index contributed by atoms with van der Waals surface area (Å²) in [5.74, 6) is -3.59. The van der Waals surface area contributed by atoms with Gasteiger partial charge < -0.3 is 5.32 Å². The van der Waals surface area contributed by atoms with Gasteiger partial charge in [-0.2, -0.15) is 0 Å². The Hall–Kier alpha value is -3.44. The van der Waals surface area contributed by atoms with Crippen LogP contribution >= 0.6 is 46.3 Å². The van der Waals surface area contributed by atoms with Gasteiger partial charge in [-0.3, -0.25) is 23.7 Å². The zero-order valence-corrected chi connectivity index (χ0v) is 24.4. The number of imide groups is 1. The monoisotopic (exact) mass is 627 g/mol. The fourth-order valence-corrected chi connectivity index (χ4v) is 8.43. The maximum atomic E-state index is 13.9. The second-order valence-corrected chi connectivity index (χ2v) is 12.6. The highest BCUT2D eigenvalue weighted by atomic mass is 35.5. The van der Waals surface area contributed by atoms with Gasteiger partial charge >= 0.3 is 4.87 Å². The lowest BCUT2D eigenvalue weighted by Crippen LogP contribution is -2.33. The number of fused-ring (bicyclic) bond motifs is 2. The molecule has 1 N–H and O–H groups in total. The number of rotatable bonds is 5. The number of nitrogens with zero attached hydrogens (tertiary/aromatic N) is 2. The lowest BCUT2D eigenvalue weighted by atomic mass is 9.83. The molecule has 0 spiro atoms.